The lowest BCUT2D eigenvalue weighted by Gasteiger charge is -2.71. The smallest absolute Gasteiger partial charge is 0.315 e. The van der Waals surface area contributed by atoms with Gasteiger partial charge in [0.1, 0.15) is 97.7 Å². The van der Waals surface area contributed by atoms with Crippen LogP contribution in [0.1, 0.15) is 106 Å². The van der Waals surface area contributed by atoms with E-state index in [9.17, 15) is 81.4 Å². The lowest BCUT2D eigenvalue weighted by atomic mass is 9.33. The third-order valence-corrected chi connectivity index (χ3v) is 21.6. The quantitative estimate of drug-likeness (QED) is 0.0494. The van der Waals surface area contributed by atoms with Crippen molar-refractivity contribution < 1.29 is 119 Å². The molecule has 15 N–H and O–H groups in total. The van der Waals surface area contributed by atoms with Gasteiger partial charge in [0.2, 0.25) is 6.29 Å². The minimum Gasteiger partial charge on any atom is -0.432 e. The van der Waals surface area contributed by atoms with Gasteiger partial charge in [0, 0.05) is 5.41 Å². The molecule has 9 aliphatic rings. The van der Waals surface area contributed by atoms with E-state index in [0.29, 0.717) is 51.4 Å². The van der Waals surface area contributed by atoms with Gasteiger partial charge in [-0.15, -0.1) is 0 Å². The fraction of sp³-hybridized carbons (Fsp3) is 0.944. The van der Waals surface area contributed by atoms with E-state index >= 15 is 0 Å². The molecule has 78 heavy (non-hydrogen) atoms. The van der Waals surface area contributed by atoms with Crippen molar-refractivity contribution in [2.45, 2.75) is 235 Å². The second-order valence-corrected chi connectivity index (χ2v) is 26.1. The molecule has 0 radical (unpaired) electrons. The highest BCUT2D eigenvalue weighted by Crippen LogP contribution is 2.76. The fourth-order valence-electron chi connectivity index (χ4n) is 16.5. The summed E-state index contributed by atoms with van der Waals surface area (Å²) in [5, 5.41) is 161. The first-order valence-electron chi connectivity index (χ1n) is 28.0. The van der Waals surface area contributed by atoms with Crippen molar-refractivity contribution in [2.75, 3.05) is 33.0 Å². The van der Waals surface area contributed by atoms with Crippen molar-refractivity contribution in [3.05, 3.63) is 11.6 Å². The van der Waals surface area contributed by atoms with Crippen molar-refractivity contribution >= 4 is 5.97 Å². The Morgan fingerprint density at radius 3 is 1.55 bits per heavy atom. The van der Waals surface area contributed by atoms with Crippen molar-refractivity contribution in [1.82, 2.24) is 0 Å². The van der Waals surface area contributed by atoms with Gasteiger partial charge in [-0.05, 0) is 104 Å². The Kier molecular flexibility index (Phi) is 17.5. The van der Waals surface area contributed by atoms with Gasteiger partial charge in [-0.2, -0.15) is 0 Å². The molecule has 0 bridgehead atoms. The molecule has 4 saturated carbocycles. The molecule has 4 saturated heterocycles. The number of carbonyl (C=O) groups is 1. The van der Waals surface area contributed by atoms with E-state index in [1.54, 1.807) is 0 Å². The Labute approximate surface area is 453 Å². The summed E-state index contributed by atoms with van der Waals surface area (Å²) in [5.41, 5.74) is -2.09. The molecule has 0 aromatic rings. The second kappa shape index (κ2) is 22.4. The molecule has 0 aromatic heterocycles. The molecule has 29 atom stereocenters. The average molecular weight is 1120 g/mol. The third kappa shape index (κ3) is 9.76. The number of hydrogen-bond donors (Lipinski definition) is 15. The number of fused-ring (bicyclic) bond motifs is 7. The number of esters is 1. The summed E-state index contributed by atoms with van der Waals surface area (Å²) in [5.74, 6) is -0.919. The maximum Gasteiger partial charge on any atom is 0.315 e. The fourth-order valence-corrected chi connectivity index (χ4v) is 16.5. The van der Waals surface area contributed by atoms with Gasteiger partial charge in [0.15, 0.2) is 18.9 Å². The molecule has 8 fully saturated rings. The van der Waals surface area contributed by atoms with Crippen LogP contribution in [0.15, 0.2) is 11.6 Å². The van der Waals surface area contributed by atoms with Crippen LogP contribution in [0, 0.1) is 50.2 Å². The van der Waals surface area contributed by atoms with E-state index in [-0.39, 0.29) is 35.2 Å². The SMILES string of the molecule is CC1(C)CCC2(C(=O)O[C@@H]3O[C@H](CO)[C@@H](O)[C@H](O)[C@H]3O)CCC3(C)C(=CC[C@H]4C3(C)CC[C@@H]3[C@](C)(CO)[C@@H](O[C@@H]5O[C@H](CO)[C@@H](O)[C@H](O[C@@H]6O[C@H](CO)[C@@H](O)[C@H](O)[C@H]6O)[C@H]5O[C@@H]5O[C@H](CO)[C@@H](O)[C@H](O)[C@H]5O)CC[C@@]34C)[C@H]2C1. The van der Waals surface area contributed by atoms with Gasteiger partial charge in [0.25, 0.3) is 0 Å². The average Bonchev–Trinajstić information content (AvgIpc) is 2.65. The minimum absolute atomic E-state index is 0.0629. The van der Waals surface area contributed by atoms with E-state index < -0.39 is 183 Å². The van der Waals surface area contributed by atoms with E-state index in [1.165, 1.54) is 5.57 Å². The highest BCUT2D eigenvalue weighted by atomic mass is 16.8. The predicted octanol–water partition coefficient (Wildman–Crippen LogP) is -3.06. The largest absolute Gasteiger partial charge is 0.432 e. The zero-order valence-corrected chi connectivity index (χ0v) is 45.4. The normalized spacial score (nSPS) is 54.1. The van der Waals surface area contributed by atoms with Crippen molar-refractivity contribution in [1.29, 1.82) is 0 Å². The van der Waals surface area contributed by atoms with Gasteiger partial charge in [-0.1, -0.05) is 53.2 Å². The van der Waals surface area contributed by atoms with Crippen LogP contribution in [-0.4, -0.2) is 245 Å². The molecule has 24 heteroatoms. The Bertz CT molecular complexity index is 2130. The summed E-state index contributed by atoms with van der Waals surface area (Å²) in [4.78, 5) is 14.8. The van der Waals surface area contributed by atoms with Crippen LogP contribution in [0.2, 0.25) is 0 Å². The van der Waals surface area contributed by atoms with Crippen LogP contribution in [0.3, 0.4) is 0 Å². The second-order valence-electron chi connectivity index (χ2n) is 26.1. The number of ether oxygens (including phenoxy) is 8. The molecule has 0 aromatic carbocycles. The maximum absolute atomic E-state index is 14.8. The van der Waals surface area contributed by atoms with Crippen molar-refractivity contribution in [2.24, 2.45) is 50.2 Å². The third-order valence-electron chi connectivity index (χ3n) is 21.6. The molecule has 5 aliphatic carbocycles. The van der Waals surface area contributed by atoms with Gasteiger partial charge >= 0.3 is 5.97 Å². The van der Waals surface area contributed by atoms with Crippen LogP contribution >= 0.6 is 0 Å². The topological polar surface area (TPSA) is 394 Å². The zero-order valence-electron chi connectivity index (χ0n) is 45.4. The van der Waals surface area contributed by atoms with Crippen LogP contribution < -0.4 is 0 Å². The highest BCUT2D eigenvalue weighted by Gasteiger charge is 2.71. The molecular weight excluding hydrogens is 1030 g/mol. The van der Waals surface area contributed by atoms with Gasteiger partial charge in [-0.25, -0.2) is 0 Å². The summed E-state index contributed by atoms with van der Waals surface area (Å²) in [6.07, 6.45) is -26.8. The molecule has 448 valence electrons. The summed E-state index contributed by atoms with van der Waals surface area (Å²) in [7, 11) is 0. The molecule has 3 unspecified atom stereocenters. The number of aliphatic hydroxyl groups is 15. The number of aliphatic hydroxyl groups excluding tert-OH is 15. The first-order chi connectivity index (χ1) is 36.6. The Hall–Kier alpha value is -1.67. The molecule has 4 aliphatic heterocycles. The standard InChI is InChI=1S/C54H88O24/c1-49(2)13-15-54(48(70)78-46-41(69)38(66)34(62)27(20-57)73-46)16-14-52(5)23(24(54)17-49)7-8-30-50(3)11-10-31(51(4,22-59)29(50)9-12-53(30,52)6)75-47-43(77-45-40(68)37(65)33(61)26(19-56)72-45)42(35(63)28(21-58)74-47)76-44-39(67)36(64)32(60)25(18-55)71-44/h7,24-47,55-69H,8-22H2,1-6H3/t24-,25-,26-,27-,28-,29+,30-,31+,32-,33-,34-,35-,36+,37+,38+,39-,40-,41-,42+,43-,44+,45+,46+,47+,50+,51+,52?,53?,54?/m1/s1. The first-order valence-corrected chi connectivity index (χ1v) is 28.0. The molecule has 9 rings (SSSR count). The van der Waals surface area contributed by atoms with Crippen molar-refractivity contribution in [3.8, 4) is 0 Å². The monoisotopic (exact) mass is 1120 g/mol. The van der Waals surface area contributed by atoms with E-state index in [0.717, 1.165) is 12.8 Å². The first kappa shape index (κ1) is 60.9. The van der Waals surface area contributed by atoms with Gasteiger partial charge < -0.3 is 114 Å². The molecule has 24 nitrogen and oxygen atoms in total. The summed E-state index contributed by atoms with van der Waals surface area (Å²) in [6, 6.07) is 0. The number of allylic oxidation sites excluding steroid dienone is 2. The lowest BCUT2D eigenvalue weighted by molar-refractivity contribution is -0.400. The van der Waals surface area contributed by atoms with Crippen LogP contribution in [0.25, 0.3) is 0 Å². The number of rotatable bonds is 13. The summed E-state index contributed by atoms with van der Waals surface area (Å²) >= 11 is 0. The Balaban J connectivity index is 1.01. The minimum atomic E-state index is -1.97. The zero-order chi connectivity index (χ0) is 57.0. The summed E-state index contributed by atoms with van der Waals surface area (Å²) < 4.78 is 48.7. The van der Waals surface area contributed by atoms with Crippen LogP contribution in [-0.2, 0) is 42.7 Å². The van der Waals surface area contributed by atoms with Crippen LogP contribution in [0.5, 0.6) is 0 Å². The molecular formula is C54H88O24. The maximum atomic E-state index is 14.8. The number of hydrogen-bond acceptors (Lipinski definition) is 24. The van der Waals surface area contributed by atoms with Gasteiger partial charge in [-0.3, -0.25) is 4.79 Å². The van der Waals surface area contributed by atoms with Crippen LogP contribution in [0.4, 0.5) is 0 Å². The summed E-state index contributed by atoms with van der Waals surface area (Å²) in [6.45, 7) is 9.78. The van der Waals surface area contributed by atoms with E-state index in [1.807, 2.05) is 6.92 Å². The molecule has 0 amide bonds. The van der Waals surface area contributed by atoms with Crippen molar-refractivity contribution in [3.63, 3.8) is 0 Å². The number of carbonyl (C=O) groups excluding carboxylic acids is 1. The van der Waals surface area contributed by atoms with Gasteiger partial charge in [0.05, 0.1) is 44.6 Å². The Morgan fingerprint density at radius 2 is 1.01 bits per heavy atom. The van der Waals surface area contributed by atoms with E-state index in [2.05, 4.69) is 40.7 Å². The predicted molar refractivity (Wildman–Crippen MR) is 264 cm³/mol. The van der Waals surface area contributed by atoms with E-state index in [4.69, 9.17) is 37.9 Å². The highest BCUT2D eigenvalue weighted by molar-refractivity contribution is 5.79. The molecule has 4 heterocycles. The molecule has 0 spiro atoms. The lowest BCUT2D eigenvalue weighted by Crippen LogP contribution is -2.69. The Morgan fingerprint density at radius 1 is 0.526 bits per heavy atom.